The maximum Gasteiger partial charge on any atom is 0.0546 e. The van der Waals surface area contributed by atoms with Gasteiger partial charge in [0.15, 0.2) is 0 Å². The van der Waals surface area contributed by atoms with Crippen LogP contribution in [-0.4, -0.2) is 0 Å². The topological polar surface area (TPSA) is 3.24 Å². The molecule has 0 amide bonds. The summed E-state index contributed by atoms with van der Waals surface area (Å²) in [6, 6.07) is 80.9. The van der Waals surface area contributed by atoms with Gasteiger partial charge < -0.3 is 4.90 Å². The number of hydrogen-bond acceptors (Lipinski definition) is 1. The van der Waals surface area contributed by atoms with E-state index in [2.05, 4.69) is 229 Å². The molecule has 9 rings (SSSR count). The van der Waals surface area contributed by atoms with E-state index in [4.69, 9.17) is 0 Å². The Labute approximate surface area is 311 Å². The van der Waals surface area contributed by atoms with Crippen LogP contribution in [0.5, 0.6) is 0 Å². The minimum Gasteiger partial charge on any atom is -0.310 e. The number of nitrogens with zero attached hydrogens (tertiary/aromatic N) is 1. The zero-order chi connectivity index (χ0) is 35.4. The molecule has 1 nitrogen and oxygen atoms in total. The van der Waals surface area contributed by atoms with Crippen LogP contribution in [0.15, 0.2) is 224 Å². The molecule has 0 bridgehead atoms. The van der Waals surface area contributed by atoms with E-state index in [9.17, 15) is 0 Å². The van der Waals surface area contributed by atoms with Crippen molar-refractivity contribution in [3.8, 4) is 55.6 Å². The van der Waals surface area contributed by atoms with Gasteiger partial charge in [-0.2, -0.15) is 0 Å². The molecule has 0 saturated heterocycles. The lowest BCUT2D eigenvalue weighted by Crippen LogP contribution is -2.11. The molecule has 0 fully saturated rings. The van der Waals surface area contributed by atoms with Crippen LogP contribution in [0.2, 0.25) is 0 Å². The molecule has 9 aromatic rings. The van der Waals surface area contributed by atoms with Gasteiger partial charge in [0.2, 0.25) is 0 Å². The van der Waals surface area contributed by atoms with E-state index in [0.717, 1.165) is 17.1 Å². The molecule has 0 spiro atoms. The summed E-state index contributed by atoms with van der Waals surface area (Å²) in [5.74, 6) is 0. The molecule has 0 aliphatic heterocycles. The second-order valence-corrected chi connectivity index (χ2v) is 13.4. The first-order chi connectivity index (χ1) is 26.3. The average Bonchev–Trinajstić information content (AvgIpc) is 3.25. The zero-order valence-electron chi connectivity index (χ0n) is 29.3. The highest BCUT2D eigenvalue weighted by Gasteiger charge is 2.19. The number of para-hydroxylation sites is 1. The molecule has 0 saturated carbocycles. The van der Waals surface area contributed by atoms with Gasteiger partial charge in [0.25, 0.3) is 0 Å². The summed E-state index contributed by atoms with van der Waals surface area (Å²) in [5.41, 5.74) is 15.2. The van der Waals surface area contributed by atoms with Crippen molar-refractivity contribution in [2.75, 3.05) is 4.90 Å². The SMILES string of the molecule is c1ccc(-c2cc(-c3ccccc3)cc(-c3ccc(N(c4ccccc4)c4cc(-c5ccc6ccccc6c5)ccc4-c4ccccc4)cc3)c2)cc1. The molecule has 0 aliphatic carbocycles. The Morgan fingerprint density at radius 1 is 0.226 bits per heavy atom. The van der Waals surface area contributed by atoms with Gasteiger partial charge in [0.05, 0.1) is 5.69 Å². The largest absolute Gasteiger partial charge is 0.310 e. The van der Waals surface area contributed by atoms with Crippen LogP contribution in [0.25, 0.3) is 66.4 Å². The summed E-state index contributed by atoms with van der Waals surface area (Å²) < 4.78 is 0. The van der Waals surface area contributed by atoms with Crippen molar-refractivity contribution in [2.24, 2.45) is 0 Å². The van der Waals surface area contributed by atoms with Crippen LogP contribution in [0.1, 0.15) is 0 Å². The third-order valence-corrected chi connectivity index (χ3v) is 10.0. The predicted molar refractivity (Wildman–Crippen MR) is 226 cm³/mol. The molecular weight excluding hydrogens is 639 g/mol. The number of benzene rings is 9. The molecule has 9 aromatic carbocycles. The Balaban J connectivity index is 1.19. The van der Waals surface area contributed by atoms with Crippen molar-refractivity contribution in [3.63, 3.8) is 0 Å². The van der Waals surface area contributed by atoms with E-state index in [1.54, 1.807) is 0 Å². The highest BCUT2D eigenvalue weighted by Crippen LogP contribution is 2.44. The summed E-state index contributed by atoms with van der Waals surface area (Å²) in [7, 11) is 0. The molecule has 0 atom stereocenters. The van der Waals surface area contributed by atoms with Crippen molar-refractivity contribution in [3.05, 3.63) is 224 Å². The van der Waals surface area contributed by atoms with Crippen LogP contribution in [0, 0.1) is 0 Å². The van der Waals surface area contributed by atoms with Gasteiger partial charge >= 0.3 is 0 Å². The Kier molecular flexibility index (Phi) is 8.66. The summed E-state index contributed by atoms with van der Waals surface area (Å²) in [4.78, 5) is 2.40. The highest BCUT2D eigenvalue weighted by atomic mass is 15.1. The van der Waals surface area contributed by atoms with E-state index < -0.39 is 0 Å². The van der Waals surface area contributed by atoms with Crippen LogP contribution in [0.4, 0.5) is 17.1 Å². The fraction of sp³-hybridized carbons (Fsp3) is 0. The standard InChI is InChI=1S/C52H37N/c1-5-15-38(16-6-1)46-34-47(39-17-7-2-8-18-39)36-48(35-46)41-27-30-50(31-28-41)53(49-23-11-4-12-24-49)52-37-45(29-32-51(52)42-20-9-3-10-21-42)44-26-25-40-19-13-14-22-43(40)33-44/h1-37H. The van der Waals surface area contributed by atoms with Crippen molar-refractivity contribution in [1.29, 1.82) is 0 Å². The lowest BCUT2D eigenvalue weighted by atomic mass is 9.93. The second kappa shape index (κ2) is 14.3. The maximum absolute atomic E-state index is 2.40. The van der Waals surface area contributed by atoms with E-state index in [0.29, 0.717) is 0 Å². The molecular formula is C52H37N. The lowest BCUT2D eigenvalue weighted by molar-refractivity contribution is 1.28. The molecule has 53 heavy (non-hydrogen) atoms. The fourth-order valence-corrected chi connectivity index (χ4v) is 7.32. The molecule has 0 aliphatic rings. The third kappa shape index (κ3) is 6.65. The zero-order valence-corrected chi connectivity index (χ0v) is 29.3. The summed E-state index contributed by atoms with van der Waals surface area (Å²) in [5, 5.41) is 2.48. The Hall–Kier alpha value is -6.96. The lowest BCUT2D eigenvalue weighted by Gasteiger charge is -2.29. The van der Waals surface area contributed by atoms with Gasteiger partial charge in [-0.1, -0.05) is 170 Å². The summed E-state index contributed by atoms with van der Waals surface area (Å²) >= 11 is 0. The molecule has 0 heterocycles. The van der Waals surface area contributed by atoms with Gasteiger partial charge in [0, 0.05) is 16.9 Å². The van der Waals surface area contributed by atoms with Crippen molar-refractivity contribution >= 4 is 27.8 Å². The third-order valence-electron chi connectivity index (χ3n) is 10.0. The van der Waals surface area contributed by atoms with Gasteiger partial charge in [-0.15, -0.1) is 0 Å². The Morgan fingerprint density at radius 3 is 1.23 bits per heavy atom. The number of hydrogen-bond donors (Lipinski definition) is 0. The van der Waals surface area contributed by atoms with E-state index in [-0.39, 0.29) is 0 Å². The van der Waals surface area contributed by atoms with Gasteiger partial charge in [-0.3, -0.25) is 0 Å². The summed E-state index contributed by atoms with van der Waals surface area (Å²) in [6.45, 7) is 0. The van der Waals surface area contributed by atoms with Crippen LogP contribution < -0.4 is 4.90 Å². The second-order valence-electron chi connectivity index (χ2n) is 13.4. The molecule has 1 heteroatoms. The Morgan fingerprint density at radius 2 is 0.642 bits per heavy atom. The van der Waals surface area contributed by atoms with Crippen molar-refractivity contribution < 1.29 is 0 Å². The van der Waals surface area contributed by atoms with Crippen LogP contribution >= 0.6 is 0 Å². The average molecular weight is 676 g/mol. The number of rotatable bonds is 8. The molecule has 0 N–H and O–H groups in total. The van der Waals surface area contributed by atoms with Gasteiger partial charge in [-0.05, 0) is 115 Å². The molecule has 0 unspecified atom stereocenters. The highest BCUT2D eigenvalue weighted by molar-refractivity contribution is 5.93. The van der Waals surface area contributed by atoms with Crippen molar-refractivity contribution in [2.45, 2.75) is 0 Å². The Bertz CT molecular complexity index is 2570. The normalized spacial score (nSPS) is 11.0. The fourth-order valence-electron chi connectivity index (χ4n) is 7.32. The van der Waals surface area contributed by atoms with Gasteiger partial charge in [-0.25, -0.2) is 0 Å². The molecule has 250 valence electrons. The minimum absolute atomic E-state index is 1.09. The number of anilines is 3. The van der Waals surface area contributed by atoms with Crippen LogP contribution in [-0.2, 0) is 0 Å². The van der Waals surface area contributed by atoms with E-state index in [1.807, 2.05) is 0 Å². The maximum atomic E-state index is 2.40. The van der Waals surface area contributed by atoms with E-state index in [1.165, 1.54) is 66.4 Å². The first-order valence-electron chi connectivity index (χ1n) is 18.2. The quantitative estimate of drug-likeness (QED) is 0.155. The smallest absolute Gasteiger partial charge is 0.0546 e. The van der Waals surface area contributed by atoms with E-state index >= 15 is 0 Å². The minimum atomic E-state index is 1.09. The monoisotopic (exact) mass is 675 g/mol. The summed E-state index contributed by atoms with van der Waals surface area (Å²) in [6.07, 6.45) is 0. The molecule has 0 aromatic heterocycles. The first-order valence-corrected chi connectivity index (χ1v) is 18.2. The predicted octanol–water partition coefficient (Wildman–Crippen LogP) is 14.6. The van der Waals surface area contributed by atoms with Crippen molar-refractivity contribution in [1.82, 2.24) is 0 Å². The number of fused-ring (bicyclic) bond motifs is 1. The first kappa shape index (κ1) is 32.0. The molecule has 0 radical (unpaired) electrons. The van der Waals surface area contributed by atoms with Crippen LogP contribution in [0.3, 0.4) is 0 Å². The van der Waals surface area contributed by atoms with Gasteiger partial charge in [0.1, 0.15) is 0 Å².